The third kappa shape index (κ3) is 3.05. The normalized spacial score (nSPS) is 21.6. The van der Waals surface area contributed by atoms with Gasteiger partial charge in [0.15, 0.2) is 0 Å². The van der Waals surface area contributed by atoms with Crippen LogP contribution in [-0.4, -0.2) is 18.0 Å². The molecule has 3 nitrogen and oxygen atoms in total. The number of hydrogen-bond acceptors (Lipinski definition) is 2. The Labute approximate surface area is 111 Å². The molecule has 2 fully saturated rings. The van der Waals surface area contributed by atoms with Crippen molar-refractivity contribution in [3.63, 3.8) is 0 Å². The fourth-order valence-corrected chi connectivity index (χ4v) is 3.25. The lowest BCUT2D eigenvalue weighted by Gasteiger charge is -2.43. The Balaban J connectivity index is 1.94. The molecule has 0 bridgehead atoms. The van der Waals surface area contributed by atoms with Crippen LogP contribution in [0.25, 0.3) is 0 Å². The van der Waals surface area contributed by atoms with Gasteiger partial charge in [-0.2, -0.15) is 0 Å². The van der Waals surface area contributed by atoms with Crippen molar-refractivity contribution in [3.8, 4) is 0 Å². The summed E-state index contributed by atoms with van der Waals surface area (Å²) in [6.07, 6.45) is 8.50. The highest BCUT2D eigenvalue weighted by molar-refractivity contribution is 5.80. The van der Waals surface area contributed by atoms with Gasteiger partial charge in [-0.1, -0.05) is 12.8 Å². The number of rotatable bonds is 6. The first-order chi connectivity index (χ1) is 8.53. The van der Waals surface area contributed by atoms with Crippen LogP contribution < -0.4 is 11.1 Å². The number of amides is 1. The van der Waals surface area contributed by atoms with Crippen molar-refractivity contribution in [1.29, 1.82) is 0 Å². The third-order valence-corrected chi connectivity index (χ3v) is 4.85. The molecule has 0 aromatic carbocycles. The van der Waals surface area contributed by atoms with Gasteiger partial charge in [0.05, 0.1) is 0 Å². The molecule has 0 aliphatic heterocycles. The van der Waals surface area contributed by atoms with Crippen molar-refractivity contribution < 1.29 is 4.79 Å². The molecule has 0 heterocycles. The number of carbonyl (C=O) groups is 1. The molecule has 0 unspecified atom stereocenters. The molecular weight excluding hydrogens is 224 g/mol. The van der Waals surface area contributed by atoms with Gasteiger partial charge >= 0.3 is 0 Å². The molecule has 2 saturated carbocycles. The summed E-state index contributed by atoms with van der Waals surface area (Å²) in [5, 5.41) is 3.24. The number of hydrogen-bond donors (Lipinski definition) is 2. The smallest absolute Gasteiger partial charge is 0.224 e. The van der Waals surface area contributed by atoms with Crippen LogP contribution in [-0.2, 0) is 4.79 Å². The first-order valence-corrected chi connectivity index (χ1v) is 7.55. The second-order valence-corrected chi connectivity index (χ2v) is 6.82. The van der Waals surface area contributed by atoms with Crippen molar-refractivity contribution in [2.45, 2.75) is 64.3 Å². The molecule has 0 atom stereocenters. The molecule has 0 radical (unpaired) electrons. The summed E-state index contributed by atoms with van der Waals surface area (Å²) in [5.41, 5.74) is 5.45. The van der Waals surface area contributed by atoms with Gasteiger partial charge in [0.25, 0.3) is 0 Å². The van der Waals surface area contributed by atoms with E-state index in [0.717, 1.165) is 6.42 Å². The average Bonchev–Trinajstić information content (AvgIpc) is 2.09. The van der Waals surface area contributed by atoms with Gasteiger partial charge in [-0.3, -0.25) is 4.79 Å². The van der Waals surface area contributed by atoms with Crippen LogP contribution >= 0.6 is 0 Å². The fraction of sp³-hybridized carbons (Fsp3) is 0.933. The maximum Gasteiger partial charge on any atom is 0.224 e. The molecule has 2 aliphatic carbocycles. The van der Waals surface area contributed by atoms with Crippen molar-refractivity contribution in [2.24, 2.45) is 23.5 Å². The van der Waals surface area contributed by atoms with E-state index in [1.165, 1.54) is 38.5 Å². The molecule has 0 spiro atoms. The second-order valence-electron chi connectivity index (χ2n) is 6.82. The molecule has 1 amide bonds. The van der Waals surface area contributed by atoms with Gasteiger partial charge in [-0.25, -0.2) is 0 Å². The van der Waals surface area contributed by atoms with Crippen molar-refractivity contribution >= 4 is 5.91 Å². The highest BCUT2D eigenvalue weighted by Gasteiger charge is 2.41. The van der Waals surface area contributed by atoms with Gasteiger partial charge in [0, 0.05) is 11.5 Å². The predicted molar refractivity (Wildman–Crippen MR) is 74.1 cm³/mol. The van der Waals surface area contributed by atoms with E-state index in [4.69, 9.17) is 5.73 Å². The maximum atomic E-state index is 12.6. The van der Waals surface area contributed by atoms with Crippen molar-refractivity contribution in [1.82, 2.24) is 5.32 Å². The molecule has 2 aliphatic rings. The SMILES string of the molecule is CC(C)(CCN)NC(=O)C(C1CCC1)C1CCC1. The molecule has 3 heteroatoms. The zero-order valence-corrected chi connectivity index (χ0v) is 11.9. The molecule has 18 heavy (non-hydrogen) atoms. The first-order valence-electron chi connectivity index (χ1n) is 7.55. The van der Waals surface area contributed by atoms with E-state index in [1.54, 1.807) is 0 Å². The first kappa shape index (κ1) is 13.9. The Kier molecular flexibility index (Phi) is 4.31. The van der Waals surface area contributed by atoms with Crippen LogP contribution in [0.2, 0.25) is 0 Å². The van der Waals surface area contributed by atoms with Gasteiger partial charge < -0.3 is 11.1 Å². The minimum absolute atomic E-state index is 0.155. The summed E-state index contributed by atoms with van der Waals surface area (Å²) in [4.78, 5) is 12.6. The lowest BCUT2D eigenvalue weighted by Crippen LogP contribution is -2.51. The number of nitrogens with one attached hydrogen (secondary N) is 1. The highest BCUT2D eigenvalue weighted by atomic mass is 16.2. The molecule has 0 saturated heterocycles. The predicted octanol–water partition coefficient (Wildman–Crippen LogP) is 2.45. The van der Waals surface area contributed by atoms with Crippen molar-refractivity contribution in [3.05, 3.63) is 0 Å². The summed E-state index contributed by atoms with van der Waals surface area (Å²) in [5.74, 6) is 1.89. The lowest BCUT2D eigenvalue weighted by atomic mass is 9.64. The van der Waals surface area contributed by atoms with Crippen LogP contribution in [0.1, 0.15) is 58.8 Å². The van der Waals surface area contributed by atoms with E-state index in [-0.39, 0.29) is 11.5 Å². The van der Waals surface area contributed by atoms with Gasteiger partial charge in [0.2, 0.25) is 5.91 Å². The standard InChI is InChI=1S/C15H28N2O/c1-15(2,9-10-16)17-14(18)13(11-5-3-6-11)12-7-4-8-12/h11-13H,3-10,16H2,1-2H3,(H,17,18). The Hall–Kier alpha value is -0.570. The minimum atomic E-state index is -0.155. The molecule has 104 valence electrons. The van der Waals surface area contributed by atoms with Crippen LogP contribution in [0.5, 0.6) is 0 Å². The molecule has 3 N–H and O–H groups in total. The Bertz CT molecular complexity index is 279. The molecule has 0 aromatic heterocycles. The second kappa shape index (κ2) is 5.60. The van der Waals surface area contributed by atoms with Crippen LogP contribution in [0, 0.1) is 17.8 Å². The Morgan fingerprint density at radius 3 is 2.06 bits per heavy atom. The van der Waals surface area contributed by atoms with Crippen LogP contribution in [0.4, 0.5) is 0 Å². The van der Waals surface area contributed by atoms with E-state index < -0.39 is 0 Å². The largest absolute Gasteiger partial charge is 0.351 e. The summed E-state index contributed by atoms with van der Waals surface area (Å²) >= 11 is 0. The number of nitrogens with two attached hydrogens (primary N) is 1. The van der Waals surface area contributed by atoms with E-state index in [0.29, 0.717) is 24.3 Å². The van der Waals surface area contributed by atoms with Crippen molar-refractivity contribution in [2.75, 3.05) is 6.54 Å². The molecule has 2 rings (SSSR count). The maximum absolute atomic E-state index is 12.6. The summed E-state index contributed by atoms with van der Waals surface area (Å²) in [6, 6.07) is 0. The van der Waals surface area contributed by atoms with E-state index >= 15 is 0 Å². The van der Waals surface area contributed by atoms with E-state index in [9.17, 15) is 4.79 Å². The Morgan fingerprint density at radius 1 is 1.22 bits per heavy atom. The quantitative estimate of drug-likeness (QED) is 0.763. The molecule has 0 aromatic rings. The van der Waals surface area contributed by atoms with Gasteiger partial charge in [-0.05, 0) is 64.3 Å². The zero-order chi connectivity index (χ0) is 13.2. The number of carbonyl (C=O) groups excluding carboxylic acids is 1. The van der Waals surface area contributed by atoms with Gasteiger partial charge in [0.1, 0.15) is 0 Å². The third-order valence-electron chi connectivity index (χ3n) is 4.85. The summed E-state index contributed by atoms with van der Waals surface area (Å²) in [6.45, 7) is 4.79. The van der Waals surface area contributed by atoms with Gasteiger partial charge in [-0.15, -0.1) is 0 Å². The monoisotopic (exact) mass is 252 g/mol. The minimum Gasteiger partial charge on any atom is -0.351 e. The fourth-order valence-electron chi connectivity index (χ4n) is 3.25. The summed E-state index contributed by atoms with van der Waals surface area (Å²) < 4.78 is 0. The highest BCUT2D eigenvalue weighted by Crippen LogP contribution is 2.44. The van der Waals surface area contributed by atoms with E-state index in [1.807, 2.05) is 0 Å². The zero-order valence-electron chi connectivity index (χ0n) is 11.9. The van der Waals surface area contributed by atoms with Crippen LogP contribution in [0.15, 0.2) is 0 Å². The van der Waals surface area contributed by atoms with Crippen LogP contribution in [0.3, 0.4) is 0 Å². The van der Waals surface area contributed by atoms with E-state index in [2.05, 4.69) is 19.2 Å². The topological polar surface area (TPSA) is 55.1 Å². The summed E-state index contributed by atoms with van der Waals surface area (Å²) in [7, 11) is 0. The lowest BCUT2D eigenvalue weighted by molar-refractivity contribution is -0.133. The average molecular weight is 252 g/mol. The molecular formula is C15H28N2O. The Morgan fingerprint density at radius 2 is 1.72 bits per heavy atom.